The Bertz CT molecular complexity index is 906. The molecule has 148 valence electrons. The van der Waals surface area contributed by atoms with E-state index in [2.05, 4.69) is 0 Å². The molecule has 0 aliphatic heterocycles. The molecule has 3 rings (SSSR count). The number of Topliss-reactive ketones (excluding diaryl/α,β-unsaturated/α-hetero) is 1. The number of amides is 1. The van der Waals surface area contributed by atoms with Gasteiger partial charge in [0.1, 0.15) is 16.9 Å². The van der Waals surface area contributed by atoms with E-state index >= 15 is 0 Å². The molecule has 0 unspecified atom stereocenters. The van der Waals surface area contributed by atoms with Gasteiger partial charge in [0.2, 0.25) is 0 Å². The fourth-order valence-electron chi connectivity index (χ4n) is 3.74. The highest BCUT2D eigenvalue weighted by Gasteiger charge is 2.48. The topological polar surface area (TPSA) is 76.8 Å². The third-order valence-electron chi connectivity index (χ3n) is 5.33. The number of ketones is 1. The Morgan fingerprint density at radius 3 is 2.64 bits per heavy atom. The summed E-state index contributed by atoms with van der Waals surface area (Å²) < 4.78 is 10.2. The van der Waals surface area contributed by atoms with Gasteiger partial charge in [0.15, 0.2) is 12.4 Å². The van der Waals surface area contributed by atoms with E-state index in [0.717, 1.165) is 12.8 Å². The van der Waals surface area contributed by atoms with E-state index in [1.54, 1.807) is 38.2 Å². The van der Waals surface area contributed by atoms with Crippen LogP contribution in [0.2, 0.25) is 5.02 Å². The highest BCUT2D eigenvalue weighted by molar-refractivity contribution is 6.31. The van der Waals surface area contributed by atoms with Gasteiger partial charge < -0.3 is 14.1 Å². The van der Waals surface area contributed by atoms with Crippen molar-refractivity contribution in [1.82, 2.24) is 4.90 Å². The van der Waals surface area contributed by atoms with Crippen LogP contribution in [0.3, 0.4) is 0 Å². The quantitative estimate of drug-likeness (QED) is 0.707. The molecule has 1 aliphatic rings. The van der Waals surface area contributed by atoms with Crippen molar-refractivity contribution >= 4 is 29.3 Å². The fraction of sp³-hybridized carbons (Fsp3) is 0.381. The molecule has 1 aromatic heterocycles. The van der Waals surface area contributed by atoms with Crippen LogP contribution in [-0.4, -0.2) is 36.2 Å². The van der Waals surface area contributed by atoms with E-state index in [0.29, 0.717) is 29.2 Å². The number of furan rings is 1. The lowest BCUT2D eigenvalue weighted by Gasteiger charge is -2.43. The summed E-state index contributed by atoms with van der Waals surface area (Å²) in [5.41, 5.74) is -0.273. The molecule has 0 bridgehead atoms. The summed E-state index contributed by atoms with van der Waals surface area (Å²) in [5, 5.41) is 0.434. The highest BCUT2D eigenvalue weighted by atomic mass is 35.5. The minimum Gasteiger partial charge on any atom is -0.469 e. The molecule has 0 radical (unpaired) electrons. The number of ether oxygens (including phenoxy) is 1. The number of hydrogen-bond donors (Lipinski definition) is 0. The van der Waals surface area contributed by atoms with Crippen LogP contribution in [-0.2, 0) is 19.9 Å². The molecule has 1 heterocycles. The van der Waals surface area contributed by atoms with E-state index in [1.807, 2.05) is 0 Å². The van der Waals surface area contributed by atoms with E-state index in [-0.39, 0.29) is 11.3 Å². The number of carbonyl (C=O) groups excluding carboxylic acids is 3. The average molecular weight is 404 g/mol. The molecular weight excluding hydrogens is 382 g/mol. The van der Waals surface area contributed by atoms with E-state index in [4.69, 9.17) is 20.8 Å². The number of aryl methyl sites for hydroxylation is 1. The molecular formula is C21H22ClNO5. The SMILES string of the molecule is Cc1occc1C(=O)OCC(=O)N(C)[C@@]1(c2ccccc2Cl)CCCCC1=O. The molecule has 1 amide bonds. The maximum Gasteiger partial charge on any atom is 0.342 e. The zero-order valence-corrected chi connectivity index (χ0v) is 16.6. The summed E-state index contributed by atoms with van der Waals surface area (Å²) in [6.07, 6.45) is 3.81. The van der Waals surface area contributed by atoms with Gasteiger partial charge in [0, 0.05) is 24.1 Å². The number of benzene rings is 1. The zero-order chi connectivity index (χ0) is 20.3. The standard InChI is InChI=1S/C21H22ClNO5/c1-14-15(10-12-27-14)20(26)28-13-19(25)23(2)21(11-6-5-9-18(21)24)16-7-3-4-8-17(16)22/h3-4,7-8,10,12H,5-6,9,11,13H2,1-2H3/t21-/m1/s1. The van der Waals surface area contributed by atoms with Crippen molar-refractivity contribution in [2.45, 2.75) is 38.1 Å². The van der Waals surface area contributed by atoms with Gasteiger partial charge >= 0.3 is 5.97 Å². The first-order chi connectivity index (χ1) is 13.4. The van der Waals surface area contributed by atoms with Crippen molar-refractivity contribution in [3.8, 4) is 0 Å². The van der Waals surface area contributed by atoms with Crippen LogP contribution in [0.4, 0.5) is 0 Å². The minimum atomic E-state index is -1.15. The summed E-state index contributed by atoms with van der Waals surface area (Å²) in [6.45, 7) is 1.16. The molecule has 0 N–H and O–H groups in total. The Hall–Kier alpha value is -2.60. The second-order valence-corrected chi connectivity index (χ2v) is 7.30. The Kier molecular flexibility index (Phi) is 5.89. The smallest absolute Gasteiger partial charge is 0.342 e. The van der Waals surface area contributed by atoms with Crippen LogP contribution in [0, 0.1) is 6.92 Å². The van der Waals surface area contributed by atoms with Crippen LogP contribution in [0.25, 0.3) is 0 Å². The van der Waals surface area contributed by atoms with Crippen molar-refractivity contribution in [3.63, 3.8) is 0 Å². The first kappa shape index (κ1) is 20.1. The summed E-state index contributed by atoms with van der Waals surface area (Å²) in [6, 6.07) is 8.55. The summed E-state index contributed by atoms with van der Waals surface area (Å²) in [4.78, 5) is 39.4. The molecule has 28 heavy (non-hydrogen) atoms. The zero-order valence-electron chi connectivity index (χ0n) is 15.9. The lowest BCUT2D eigenvalue weighted by atomic mass is 9.74. The molecule has 0 spiro atoms. The summed E-state index contributed by atoms with van der Waals surface area (Å²) >= 11 is 6.39. The molecule has 2 aromatic rings. The summed E-state index contributed by atoms with van der Waals surface area (Å²) in [7, 11) is 1.56. The minimum absolute atomic E-state index is 0.0558. The van der Waals surface area contributed by atoms with Crippen molar-refractivity contribution in [2.75, 3.05) is 13.7 Å². The second-order valence-electron chi connectivity index (χ2n) is 6.89. The van der Waals surface area contributed by atoms with Crippen molar-refractivity contribution in [3.05, 3.63) is 58.5 Å². The van der Waals surface area contributed by atoms with Gasteiger partial charge in [-0.3, -0.25) is 9.59 Å². The van der Waals surface area contributed by atoms with Crippen LogP contribution < -0.4 is 0 Å². The van der Waals surface area contributed by atoms with Gasteiger partial charge in [-0.15, -0.1) is 0 Å². The van der Waals surface area contributed by atoms with Gasteiger partial charge in [0.05, 0.1) is 6.26 Å². The Balaban J connectivity index is 1.83. The predicted molar refractivity (Wildman–Crippen MR) is 103 cm³/mol. The predicted octanol–water partition coefficient (Wildman–Crippen LogP) is 3.90. The van der Waals surface area contributed by atoms with Gasteiger partial charge in [-0.2, -0.15) is 0 Å². The van der Waals surface area contributed by atoms with Crippen LogP contribution in [0.15, 0.2) is 41.0 Å². The Morgan fingerprint density at radius 2 is 2.00 bits per heavy atom. The first-order valence-electron chi connectivity index (χ1n) is 9.14. The molecule has 6 nitrogen and oxygen atoms in total. The number of nitrogens with zero attached hydrogens (tertiary/aromatic N) is 1. The molecule has 1 aromatic carbocycles. The number of halogens is 1. The van der Waals surface area contributed by atoms with E-state index in [1.165, 1.54) is 17.2 Å². The van der Waals surface area contributed by atoms with Gasteiger partial charge in [0.25, 0.3) is 5.91 Å². The number of rotatable bonds is 5. The fourth-order valence-corrected chi connectivity index (χ4v) is 4.03. The van der Waals surface area contributed by atoms with Gasteiger partial charge in [-0.05, 0) is 38.3 Å². The molecule has 1 fully saturated rings. The second kappa shape index (κ2) is 8.19. The van der Waals surface area contributed by atoms with Crippen molar-refractivity contribution in [2.24, 2.45) is 0 Å². The normalized spacial score (nSPS) is 19.3. The molecule has 0 saturated heterocycles. The monoisotopic (exact) mass is 403 g/mol. The lowest BCUT2D eigenvalue weighted by Crippen LogP contribution is -2.55. The van der Waals surface area contributed by atoms with Crippen LogP contribution >= 0.6 is 11.6 Å². The first-order valence-corrected chi connectivity index (χ1v) is 9.52. The maximum atomic E-state index is 13.0. The highest BCUT2D eigenvalue weighted by Crippen LogP contribution is 2.42. The van der Waals surface area contributed by atoms with Crippen LogP contribution in [0.5, 0.6) is 0 Å². The number of likely N-dealkylation sites (N-methyl/N-ethyl adjacent to an activating group) is 1. The third kappa shape index (κ3) is 3.56. The van der Waals surface area contributed by atoms with Crippen molar-refractivity contribution in [1.29, 1.82) is 0 Å². The van der Waals surface area contributed by atoms with Crippen LogP contribution in [0.1, 0.15) is 47.4 Å². The lowest BCUT2D eigenvalue weighted by molar-refractivity contribution is -0.150. The molecule has 1 aliphatic carbocycles. The number of esters is 1. The molecule has 1 saturated carbocycles. The number of carbonyl (C=O) groups is 3. The molecule has 7 heteroatoms. The number of hydrogen-bond acceptors (Lipinski definition) is 5. The van der Waals surface area contributed by atoms with E-state index < -0.39 is 24.0 Å². The van der Waals surface area contributed by atoms with Gasteiger partial charge in [-0.25, -0.2) is 4.79 Å². The Morgan fingerprint density at radius 1 is 1.25 bits per heavy atom. The van der Waals surface area contributed by atoms with E-state index in [9.17, 15) is 14.4 Å². The van der Waals surface area contributed by atoms with Gasteiger partial charge in [-0.1, -0.05) is 29.8 Å². The third-order valence-corrected chi connectivity index (χ3v) is 5.65. The van der Waals surface area contributed by atoms with Crippen molar-refractivity contribution < 1.29 is 23.5 Å². The average Bonchev–Trinajstić information content (AvgIpc) is 3.12. The maximum absolute atomic E-state index is 13.0. The Labute approximate surface area is 168 Å². The largest absolute Gasteiger partial charge is 0.469 e. The molecule has 1 atom stereocenters. The summed E-state index contributed by atoms with van der Waals surface area (Å²) in [5.74, 6) is -0.750.